The lowest BCUT2D eigenvalue weighted by Crippen LogP contribution is -2.54. The molecule has 5 heteroatoms. The molecule has 3 heterocycles. The summed E-state index contributed by atoms with van der Waals surface area (Å²) in [6, 6.07) is 5.95. The fourth-order valence-corrected chi connectivity index (χ4v) is 5.02. The SMILES string of the molecule is CC(C)SCCN1CCCC2(CCC(=O)N(Cc3ccccn3)C2)C1. The molecule has 1 atom stereocenters. The average molecular weight is 362 g/mol. The minimum absolute atomic E-state index is 0.295. The Balaban J connectivity index is 1.59. The zero-order valence-corrected chi connectivity index (χ0v) is 16.4. The summed E-state index contributed by atoms with van der Waals surface area (Å²) in [4.78, 5) is 21.5. The number of thioether (sulfide) groups is 1. The van der Waals surface area contributed by atoms with Crippen molar-refractivity contribution < 1.29 is 4.79 Å². The third-order valence-electron chi connectivity index (χ3n) is 5.43. The van der Waals surface area contributed by atoms with E-state index in [-0.39, 0.29) is 0 Å². The van der Waals surface area contributed by atoms with Crippen LogP contribution in [0.4, 0.5) is 0 Å². The van der Waals surface area contributed by atoms with E-state index in [9.17, 15) is 4.79 Å². The molecule has 0 bridgehead atoms. The fraction of sp³-hybridized carbons (Fsp3) is 0.700. The van der Waals surface area contributed by atoms with Crippen molar-refractivity contribution in [2.45, 2.75) is 51.3 Å². The fourth-order valence-electron chi connectivity index (χ4n) is 4.19. The first-order valence-electron chi connectivity index (χ1n) is 9.58. The lowest BCUT2D eigenvalue weighted by molar-refractivity contribution is -0.140. The quantitative estimate of drug-likeness (QED) is 0.778. The molecular formula is C20H31N3OS. The predicted octanol–water partition coefficient (Wildman–Crippen LogP) is 3.43. The van der Waals surface area contributed by atoms with Crippen molar-refractivity contribution >= 4 is 17.7 Å². The van der Waals surface area contributed by atoms with Crippen LogP contribution >= 0.6 is 11.8 Å². The van der Waals surface area contributed by atoms with E-state index < -0.39 is 0 Å². The Morgan fingerprint density at radius 1 is 1.28 bits per heavy atom. The molecule has 0 aliphatic carbocycles. The molecule has 4 nitrogen and oxygen atoms in total. The molecule has 2 saturated heterocycles. The van der Waals surface area contributed by atoms with Crippen molar-refractivity contribution in [2.24, 2.45) is 5.41 Å². The Hall–Kier alpha value is -1.07. The zero-order chi connectivity index (χ0) is 17.7. The van der Waals surface area contributed by atoms with Crippen molar-refractivity contribution in [2.75, 3.05) is 31.9 Å². The third kappa shape index (κ3) is 5.20. The van der Waals surface area contributed by atoms with Gasteiger partial charge in [-0.05, 0) is 43.2 Å². The van der Waals surface area contributed by atoms with Crippen LogP contribution in [0.5, 0.6) is 0 Å². The molecule has 0 saturated carbocycles. The average Bonchev–Trinajstić information content (AvgIpc) is 2.59. The molecular weight excluding hydrogens is 330 g/mol. The number of amides is 1. The molecule has 25 heavy (non-hydrogen) atoms. The van der Waals surface area contributed by atoms with Crippen LogP contribution in [-0.2, 0) is 11.3 Å². The summed E-state index contributed by atoms with van der Waals surface area (Å²) in [6.45, 7) is 9.64. The third-order valence-corrected chi connectivity index (χ3v) is 6.51. The normalized spacial score (nSPS) is 25.1. The molecule has 1 aromatic heterocycles. The maximum atomic E-state index is 12.4. The molecule has 2 aliphatic heterocycles. The molecule has 1 spiro atoms. The van der Waals surface area contributed by atoms with E-state index >= 15 is 0 Å². The van der Waals surface area contributed by atoms with Gasteiger partial charge < -0.3 is 9.80 Å². The van der Waals surface area contributed by atoms with E-state index in [0.717, 1.165) is 25.2 Å². The second-order valence-corrected chi connectivity index (χ2v) is 9.55. The van der Waals surface area contributed by atoms with E-state index in [4.69, 9.17) is 0 Å². The van der Waals surface area contributed by atoms with Crippen LogP contribution in [0.1, 0.15) is 45.2 Å². The van der Waals surface area contributed by atoms with Gasteiger partial charge in [0.25, 0.3) is 0 Å². The van der Waals surface area contributed by atoms with Gasteiger partial charge in [0, 0.05) is 43.4 Å². The summed E-state index contributed by atoms with van der Waals surface area (Å²) in [5.41, 5.74) is 1.29. The van der Waals surface area contributed by atoms with Crippen LogP contribution < -0.4 is 0 Å². The van der Waals surface area contributed by atoms with Crippen molar-refractivity contribution in [1.82, 2.24) is 14.8 Å². The number of pyridine rings is 1. The van der Waals surface area contributed by atoms with E-state index in [0.29, 0.717) is 29.5 Å². The standard InChI is InChI=1S/C20H31N3OS/c1-17(2)25-13-12-22-11-5-8-20(15-22)9-7-19(24)23(16-20)14-18-6-3-4-10-21-18/h3-4,6,10,17H,5,7-9,11-16H2,1-2H3. The van der Waals surface area contributed by atoms with Crippen molar-refractivity contribution in [3.05, 3.63) is 30.1 Å². The minimum Gasteiger partial charge on any atom is -0.336 e. The molecule has 0 radical (unpaired) electrons. The number of hydrogen-bond acceptors (Lipinski definition) is 4. The molecule has 138 valence electrons. The summed E-state index contributed by atoms with van der Waals surface area (Å²) in [6.07, 6.45) is 6.08. The maximum Gasteiger partial charge on any atom is 0.222 e. The van der Waals surface area contributed by atoms with Crippen LogP contribution in [0.3, 0.4) is 0 Å². The van der Waals surface area contributed by atoms with Gasteiger partial charge in [0.05, 0.1) is 12.2 Å². The Labute approximate surface area is 156 Å². The number of aromatic nitrogens is 1. The van der Waals surface area contributed by atoms with Gasteiger partial charge in [-0.15, -0.1) is 0 Å². The maximum absolute atomic E-state index is 12.4. The van der Waals surface area contributed by atoms with Gasteiger partial charge in [0.2, 0.25) is 5.91 Å². The highest BCUT2D eigenvalue weighted by Crippen LogP contribution is 2.39. The molecule has 2 fully saturated rings. The molecule has 1 unspecified atom stereocenters. The second kappa shape index (κ2) is 8.54. The summed E-state index contributed by atoms with van der Waals surface area (Å²) in [5.74, 6) is 1.51. The smallest absolute Gasteiger partial charge is 0.222 e. The Morgan fingerprint density at radius 2 is 2.16 bits per heavy atom. The number of hydrogen-bond donors (Lipinski definition) is 0. The largest absolute Gasteiger partial charge is 0.336 e. The molecule has 0 aromatic carbocycles. The number of carbonyl (C=O) groups excluding carboxylic acids is 1. The lowest BCUT2D eigenvalue weighted by atomic mass is 9.73. The van der Waals surface area contributed by atoms with Gasteiger partial charge >= 0.3 is 0 Å². The minimum atomic E-state index is 0.295. The number of nitrogens with zero attached hydrogens (tertiary/aromatic N) is 3. The van der Waals surface area contributed by atoms with Crippen LogP contribution in [-0.4, -0.2) is 57.9 Å². The van der Waals surface area contributed by atoms with Gasteiger partial charge in [-0.1, -0.05) is 19.9 Å². The van der Waals surface area contributed by atoms with E-state index in [1.54, 1.807) is 0 Å². The highest BCUT2D eigenvalue weighted by molar-refractivity contribution is 7.99. The lowest BCUT2D eigenvalue weighted by Gasteiger charge is -2.48. The molecule has 2 aliphatic rings. The highest BCUT2D eigenvalue weighted by Gasteiger charge is 2.41. The number of likely N-dealkylation sites (tertiary alicyclic amines) is 2. The van der Waals surface area contributed by atoms with Crippen molar-refractivity contribution in [3.8, 4) is 0 Å². The van der Waals surface area contributed by atoms with Crippen molar-refractivity contribution in [1.29, 1.82) is 0 Å². The van der Waals surface area contributed by atoms with Gasteiger partial charge in [-0.25, -0.2) is 0 Å². The molecule has 1 amide bonds. The number of carbonyl (C=O) groups is 1. The predicted molar refractivity (Wildman–Crippen MR) is 105 cm³/mol. The first-order chi connectivity index (χ1) is 12.1. The summed E-state index contributed by atoms with van der Waals surface area (Å²) in [7, 11) is 0. The molecule has 3 rings (SSSR count). The van der Waals surface area contributed by atoms with Crippen LogP contribution in [0.15, 0.2) is 24.4 Å². The zero-order valence-electron chi connectivity index (χ0n) is 15.6. The van der Waals surface area contributed by atoms with Crippen molar-refractivity contribution in [3.63, 3.8) is 0 Å². The summed E-state index contributed by atoms with van der Waals surface area (Å²) >= 11 is 2.05. The molecule has 0 N–H and O–H groups in total. The van der Waals surface area contributed by atoms with E-state index in [1.807, 2.05) is 36.2 Å². The van der Waals surface area contributed by atoms with Gasteiger partial charge in [-0.3, -0.25) is 9.78 Å². The number of piperidine rings is 2. The Morgan fingerprint density at radius 3 is 2.92 bits per heavy atom. The van der Waals surface area contributed by atoms with Crippen LogP contribution in [0, 0.1) is 5.41 Å². The Bertz CT molecular complexity index is 565. The van der Waals surface area contributed by atoms with E-state index in [1.165, 1.54) is 31.7 Å². The van der Waals surface area contributed by atoms with E-state index in [2.05, 4.69) is 28.6 Å². The summed E-state index contributed by atoms with van der Waals surface area (Å²) < 4.78 is 0. The topological polar surface area (TPSA) is 36.4 Å². The molecule has 1 aromatic rings. The summed E-state index contributed by atoms with van der Waals surface area (Å²) in [5, 5.41) is 0.708. The van der Waals surface area contributed by atoms with Gasteiger partial charge in [0.1, 0.15) is 0 Å². The first-order valence-corrected chi connectivity index (χ1v) is 10.6. The van der Waals surface area contributed by atoms with Gasteiger partial charge in [0.15, 0.2) is 0 Å². The highest BCUT2D eigenvalue weighted by atomic mass is 32.2. The Kier molecular flexibility index (Phi) is 6.39. The van der Waals surface area contributed by atoms with Crippen LogP contribution in [0.2, 0.25) is 0 Å². The second-order valence-electron chi connectivity index (χ2n) is 7.87. The number of rotatable bonds is 6. The van der Waals surface area contributed by atoms with Gasteiger partial charge in [-0.2, -0.15) is 11.8 Å². The monoisotopic (exact) mass is 361 g/mol. The first kappa shape index (κ1) is 18.7. The van der Waals surface area contributed by atoms with Crippen LogP contribution in [0.25, 0.3) is 0 Å².